The smallest absolute Gasteiger partial charge is 0.0931 e. The van der Waals surface area contributed by atoms with Crippen LogP contribution >= 0.6 is 22.9 Å². The Balaban J connectivity index is 1.98. The van der Waals surface area contributed by atoms with Crippen molar-refractivity contribution in [2.45, 2.75) is 26.3 Å². The quantitative estimate of drug-likeness (QED) is 0.723. The van der Waals surface area contributed by atoms with Crippen LogP contribution in [0.5, 0.6) is 0 Å². The lowest BCUT2D eigenvalue weighted by Gasteiger charge is -2.08. The number of thiophene rings is 1. The Morgan fingerprint density at radius 3 is 2.67 bits per heavy atom. The van der Waals surface area contributed by atoms with Crippen LogP contribution < -0.4 is 10.6 Å². The van der Waals surface area contributed by atoms with Crippen LogP contribution in [0, 0.1) is 0 Å². The molecular weight excluding hydrogens is 228 g/mol. The number of rotatable bonds is 7. The summed E-state index contributed by atoms with van der Waals surface area (Å²) in [7, 11) is 0. The zero-order chi connectivity index (χ0) is 11.1. The van der Waals surface area contributed by atoms with Crippen LogP contribution in [-0.2, 0) is 6.42 Å². The van der Waals surface area contributed by atoms with Gasteiger partial charge in [-0.1, -0.05) is 25.4 Å². The maximum absolute atomic E-state index is 5.85. The van der Waals surface area contributed by atoms with E-state index in [1.54, 1.807) is 11.3 Å². The third-order valence-electron chi connectivity index (χ3n) is 2.03. The van der Waals surface area contributed by atoms with Gasteiger partial charge in [0.2, 0.25) is 0 Å². The second kappa shape index (κ2) is 7.23. The molecule has 0 aliphatic heterocycles. The second-order valence-electron chi connectivity index (χ2n) is 3.81. The Morgan fingerprint density at radius 1 is 1.27 bits per heavy atom. The van der Waals surface area contributed by atoms with E-state index in [-0.39, 0.29) is 0 Å². The normalized spacial score (nSPS) is 11.2. The zero-order valence-corrected chi connectivity index (χ0v) is 10.9. The van der Waals surface area contributed by atoms with E-state index in [0.717, 1.165) is 30.4 Å². The lowest BCUT2D eigenvalue weighted by atomic mass is 10.3. The summed E-state index contributed by atoms with van der Waals surface area (Å²) < 4.78 is 0.881. The molecule has 0 aromatic carbocycles. The molecule has 0 aliphatic carbocycles. The molecule has 1 rings (SSSR count). The van der Waals surface area contributed by atoms with Gasteiger partial charge in [-0.15, -0.1) is 11.3 Å². The third kappa shape index (κ3) is 6.15. The number of hydrogen-bond acceptors (Lipinski definition) is 3. The Kier molecular flexibility index (Phi) is 6.25. The Morgan fingerprint density at radius 2 is 2.07 bits per heavy atom. The summed E-state index contributed by atoms with van der Waals surface area (Å²) in [5, 5.41) is 6.77. The van der Waals surface area contributed by atoms with Gasteiger partial charge in [0.05, 0.1) is 4.34 Å². The second-order valence-corrected chi connectivity index (χ2v) is 5.61. The zero-order valence-electron chi connectivity index (χ0n) is 9.35. The van der Waals surface area contributed by atoms with Crippen molar-refractivity contribution in [2.24, 2.45) is 0 Å². The maximum atomic E-state index is 5.85. The molecule has 1 heterocycles. The first-order chi connectivity index (χ1) is 7.18. The molecule has 0 atom stereocenters. The van der Waals surface area contributed by atoms with Gasteiger partial charge < -0.3 is 10.6 Å². The number of hydrogen-bond donors (Lipinski definition) is 2. The van der Waals surface area contributed by atoms with E-state index >= 15 is 0 Å². The summed E-state index contributed by atoms with van der Waals surface area (Å²) in [6, 6.07) is 4.63. The monoisotopic (exact) mass is 246 g/mol. The van der Waals surface area contributed by atoms with Gasteiger partial charge in [-0.25, -0.2) is 0 Å². The van der Waals surface area contributed by atoms with Crippen molar-refractivity contribution in [1.82, 2.24) is 10.6 Å². The number of nitrogens with one attached hydrogen (secondary N) is 2. The van der Waals surface area contributed by atoms with Crippen molar-refractivity contribution in [3.05, 3.63) is 21.3 Å². The van der Waals surface area contributed by atoms with Gasteiger partial charge >= 0.3 is 0 Å². The predicted octanol–water partition coefficient (Wildman–Crippen LogP) is 2.53. The number of halogens is 1. The summed E-state index contributed by atoms with van der Waals surface area (Å²) >= 11 is 7.51. The lowest BCUT2D eigenvalue weighted by molar-refractivity contribution is 0.557. The van der Waals surface area contributed by atoms with Crippen LogP contribution in [0.25, 0.3) is 0 Å². The fourth-order valence-electron chi connectivity index (χ4n) is 1.27. The first kappa shape index (κ1) is 13.0. The van der Waals surface area contributed by atoms with Gasteiger partial charge in [-0.2, -0.15) is 0 Å². The van der Waals surface area contributed by atoms with Crippen LogP contribution in [0.2, 0.25) is 4.34 Å². The van der Waals surface area contributed by atoms with Crippen molar-refractivity contribution >= 4 is 22.9 Å². The minimum atomic E-state index is 0.572. The van der Waals surface area contributed by atoms with Gasteiger partial charge in [0.25, 0.3) is 0 Å². The van der Waals surface area contributed by atoms with Crippen LogP contribution in [0.4, 0.5) is 0 Å². The first-order valence-corrected chi connectivity index (χ1v) is 6.56. The fourth-order valence-corrected chi connectivity index (χ4v) is 2.36. The fraction of sp³-hybridized carbons (Fsp3) is 0.636. The molecule has 0 fully saturated rings. The SMILES string of the molecule is CC(C)NCCNCCc1ccc(Cl)s1. The minimum Gasteiger partial charge on any atom is -0.315 e. The van der Waals surface area contributed by atoms with Crippen molar-refractivity contribution in [3.63, 3.8) is 0 Å². The van der Waals surface area contributed by atoms with Crippen LogP contribution in [0.1, 0.15) is 18.7 Å². The summed E-state index contributed by atoms with van der Waals surface area (Å²) in [4.78, 5) is 1.35. The highest BCUT2D eigenvalue weighted by Gasteiger charge is 1.97. The van der Waals surface area contributed by atoms with Gasteiger partial charge in [-0.3, -0.25) is 0 Å². The highest BCUT2D eigenvalue weighted by atomic mass is 35.5. The Hall–Kier alpha value is -0.0900. The molecule has 1 aromatic rings. The molecule has 0 bridgehead atoms. The van der Waals surface area contributed by atoms with E-state index in [4.69, 9.17) is 11.6 Å². The Labute approximate surface area is 101 Å². The van der Waals surface area contributed by atoms with Gasteiger partial charge in [0.15, 0.2) is 0 Å². The van der Waals surface area contributed by atoms with E-state index in [1.165, 1.54) is 4.88 Å². The molecule has 15 heavy (non-hydrogen) atoms. The van der Waals surface area contributed by atoms with Crippen molar-refractivity contribution < 1.29 is 0 Å². The highest BCUT2D eigenvalue weighted by Crippen LogP contribution is 2.21. The van der Waals surface area contributed by atoms with Crippen LogP contribution in [-0.4, -0.2) is 25.7 Å². The van der Waals surface area contributed by atoms with E-state index in [9.17, 15) is 0 Å². The van der Waals surface area contributed by atoms with E-state index in [2.05, 4.69) is 30.5 Å². The molecular formula is C11H19ClN2S. The highest BCUT2D eigenvalue weighted by molar-refractivity contribution is 7.16. The molecule has 0 spiro atoms. The molecule has 0 saturated heterocycles. The molecule has 2 N–H and O–H groups in total. The molecule has 2 nitrogen and oxygen atoms in total. The summed E-state index contributed by atoms with van der Waals surface area (Å²) in [5.74, 6) is 0. The standard InChI is InChI=1S/C11H19ClN2S/c1-9(2)14-8-7-13-6-5-10-3-4-11(12)15-10/h3-4,9,13-14H,5-8H2,1-2H3. The maximum Gasteiger partial charge on any atom is 0.0931 e. The molecule has 0 saturated carbocycles. The summed E-state index contributed by atoms with van der Waals surface area (Å²) in [5.41, 5.74) is 0. The van der Waals surface area contributed by atoms with Crippen molar-refractivity contribution in [2.75, 3.05) is 19.6 Å². The summed E-state index contributed by atoms with van der Waals surface area (Å²) in [6.45, 7) is 7.40. The van der Waals surface area contributed by atoms with E-state index in [0.29, 0.717) is 6.04 Å². The van der Waals surface area contributed by atoms with Crippen molar-refractivity contribution in [3.8, 4) is 0 Å². The van der Waals surface area contributed by atoms with Gasteiger partial charge in [0.1, 0.15) is 0 Å². The molecule has 0 radical (unpaired) electrons. The molecule has 0 aliphatic rings. The van der Waals surface area contributed by atoms with Gasteiger partial charge in [0, 0.05) is 30.6 Å². The minimum absolute atomic E-state index is 0.572. The van der Waals surface area contributed by atoms with E-state index < -0.39 is 0 Å². The van der Waals surface area contributed by atoms with Crippen LogP contribution in [0.15, 0.2) is 12.1 Å². The molecule has 0 unspecified atom stereocenters. The van der Waals surface area contributed by atoms with Gasteiger partial charge in [-0.05, 0) is 18.6 Å². The molecule has 1 aromatic heterocycles. The lowest BCUT2D eigenvalue weighted by Crippen LogP contribution is -2.32. The summed E-state index contributed by atoms with van der Waals surface area (Å²) in [6.07, 6.45) is 1.07. The predicted molar refractivity (Wildman–Crippen MR) is 69.0 cm³/mol. The molecule has 86 valence electrons. The largest absolute Gasteiger partial charge is 0.315 e. The van der Waals surface area contributed by atoms with Crippen molar-refractivity contribution in [1.29, 1.82) is 0 Å². The molecule has 0 amide bonds. The average Bonchev–Trinajstić information content (AvgIpc) is 2.57. The third-order valence-corrected chi connectivity index (χ3v) is 3.32. The van der Waals surface area contributed by atoms with Crippen LogP contribution in [0.3, 0.4) is 0 Å². The Bertz CT molecular complexity index is 273. The average molecular weight is 247 g/mol. The van der Waals surface area contributed by atoms with E-state index in [1.807, 2.05) is 6.07 Å². The topological polar surface area (TPSA) is 24.1 Å². The first-order valence-electron chi connectivity index (χ1n) is 5.37. The molecule has 4 heteroatoms.